The van der Waals surface area contributed by atoms with Crippen molar-refractivity contribution in [2.45, 2.75) is 84.8 Å². The first kappa shape index (κ1) is 30.4. The monoisotopic (exact) mass is 506 g/mol. The van der Waals surface area contributed by atoms with Gasteiger partial charge in [-0.3, -0.25) is 4.79 Å². The molecule has 0 saturated heterocycles. The van der Waals surface area contributed by atoms with Gasteiger partial charge in [-0.15, -0.1) is 0 Å². The Morgan fingerprint density at radius 2 is 1.92 bits per heavy atom. The summed E-state index contributed by atoms with van der Waals surface area (Å²) in [5.74, 6) is 2.88. The Bertz CT molecular complexity index is 794. The number of nitrogens with two attached hydrogens (primary N) is 1. The van der Waals surface area contributed by atoms with E-state index >= 15 is 0 Å². The van der Waals surface area contributed by atoms with E-state index in [-0.39, 0.29) is 18.4 Å². The van der Waals surface area contributed by atoms with Gasteiger partial charge in [-0.1, -0.05) is 46.6 Å². The highest BCUT2D eigenvalue weighted by atomic mass is 16.5. The van der Waals surface area contributed by atoms with Crippen molar-refractivity contribution in [3.63, 3.8) is 0 Å². The molecule has 1 amide bonds. The molecule has 1 aliphatic carbocycles. The molecule has 1 saturated carbocycles. The molecule has 4 N–H and O–H groups in total. The van der Waals surface area contributed by atoms with E-state index in [1.54, 1.807) is 14.2 Å². The van der Waals surface area contributed by atoms with Crippen LogP contribution in [0.25, 0.3) is 0 Å². The predicted octanol–water partition coefficient (Wildman–Crippen LogP) is 4.34. The summed E-state index contributed by atoms with van der Waals surface area (Å²) in [6.07, 6.45) is 6.06. The van der Waals surface area contributed by atoms with Gasteiger partial charge in [0.05, 0.1) is 19.8 Å². The standard InChI is InChI=1S/C29H50N2O5/c1-20(2)23(16-22-10-11-26(35-6)27(17-22)36-15-7-14-34-5)18-24(30)25(32)19-31-28(33)29(3,4)13-12-21-8-9-21/h10-11,17,20-21,23-25,32H,7-9,12-16,18-19,30H2,1-6H3,(H,31,33)/t23-,24-,25-/m0/s1. The van der Waals surface area contributed by atoms with Gasteiger partial charge in [0.15, 0.2) is 11.5 Å². The lowest BCUT2D eigenvalue weighted by Crippen LogP contribution is -2.47. The van der Waals surface area contributed by atoms with Crippen LogP contribution in [0.2, 0.25) is 0 Å². The van der Waals surface area contributed by atoms with Crippen LogP contribution in [0.1, 0.15) is 71.8 Å². The summed E-state index contributed by atoms with van der Waals surface area (Å²) in [7, 11) is 3.32. The number of ether oxygens (including phenoxy) is 3. The van der Waals surface area contributed by atoms with E-state index in [0.29, 0.717) is 31.3 Å². The van der Waals surface area contributed by atoms with Crippen LogP contribution in [0.3, 0.4) is 0 Å². The summed E-state index contributed by atoms with van der Waals surface area (Å²) in [6.45, 7) is 9.71. The van der Waals surface area contributed by atoms with E-state index in [1.807, 2.05) is 26.0 Å². The summed E-state index contributed by atoms with van der Waals surface area (Å²) in [6, 6.07) is 5.61. The van der Waals surface area contributed by atoms with Gasteiger partial charge in [-0.05, 0) is 61.1 Å². The molecule has 2 rings (SSSR count). The number of hydrogen-bond acceptors (Lipinski definition) is 6. The zero-order valence-electron chi connectivity index (χ0n) is 23.3. The van der Waals surface area contributed by atoms with Gasteiger partial charge in [0.1, 0.15) is 0 Å². The quantitative estimate of drug-likeness (QED) is 0.256. The Morgan fingerprint density at radius 3 is 2.53 bits per heavy atom. The summed E-state index contributed by atoms with van der Waals surface area (Å²) >= 11 is 0. The number of methoxy groups -OCH3 is 2. The van der Waals surface area contributed by atoms with Crippen molar-refractivity contribution in [2.75, 3.05) is 34.0 Å². The van der Waals surface area contributed by atoms with Gasteiger partial charge in [0, 0.05) is 38.1 Å². The Kier molecular flexibility index (Phi) is 12.5. The van der Waals surface area contributed by atoms with Crippen LogP contribution in [0.15, 0.2) is 18.2 Å². The van der Waals surface area contributed by atoms with Crippen LogP contribution in [-0.4, -0.2) is 57.1 Å². The largest absolute Gasteiger partial charge is 0.493 e. The summed E-state index contributed by atoms with van der Waals surface area (Å²) in [5, 5.41) is 13.7. The molecule has 0 bridgehead atoms. The molecule has 7 heteroatoms. The van der Waals surface area contributed by atoms with Crippen molar-refractivity contribution in [1.29, 1.82) is 0 Å². The van der Waals surface area contributed by atoms with Crippen molar-refractivity contribution in [1.82, 2.24) is 5.32 Å². The molecule has 36 heavy (non-hydrogen) atoms. The molecule has 0 heterocycles. The Labute approximate surface area is 218 Å². The highest BCUT2D eigenvalue weighted by Gasteiger charge is 2.32. The van der Waals surface area contributed by atoms with E-state index in [2.05, 4.69) is 25.2 Å². The van der Waals surface area contributed by atoms with Crippen molar-refractivity contribution in [2.24, 2.45) is 28.9 Å². The minimum atomic E-state index is -0.787. The average Bonchev–Trinajstić information content (AvgIpc) is 3.68. The minimum absolute atomic E-state index is 0.00827. The van der Waals surface area contributed by atoms with Crippen LogP contribution in [-0.2, 0) is 16.0 Å². The number of carbonyl (C=O) groups is 1. The highest BCUT2D eigenvalue weighted by Crippen LogP contribution is 2.37. The number of nitrogens with one attached hydrogen (secondary N) is 1. The maximum absolute atomic E-state index is 12.7. The van der Waals surface area contributed by atoms with Crippen LogP contribution in [0, 0.1) is 23.2 Å². The molecule has 206 valence electrons. The molecular formula is C29H50N2O5. The third-order valence-corrected chi connectivity index (χ3v) is 7.45. The number of amides is 1. The SMILES string of the molecule is COCCCOc1cc(C[C@@H](C[C@H](N)[C@@H](O)CNC(=O)C(C)(C)CCC2CC2)C(C)C)ccc1OC. The second-order valence-corrected chi connectivity index (χ2v) is 11.4. The Morgan fingerprint density at radius 1 is 1.19 bits per heavy atom. The first-order valence-corrected chi connectivity index (χ1v) is 13.6. The number of hydrogen-bond donors (Lipinski definition) is 3. The molecule has 1 aliphatic rings. The van der Waals surface area contributed by atoms with Crippen LogP contribution >= 0.6 is 0 Å². The molecule has 3 atom stereocenters. The van der Waals surface area contributed by atoms with Gasteiger partial charge in [0.25, 0.3) is 0 Å². The normalized spacial score (nSPS) is 16.5. The highest BCUT2D eigenvalue weighted by molar-refractivity contribution is 5.81. The van der Waals surface area contributed by atoms with Crippen LogP contribution < -0.4 is 20.5 Å². The van der Waals surface area contributed by atoms with Crippen LogP contribution in [0.5, 0.6) is 11.5 Å². The van der Waals surface area contributed by atoms with E-state index in [9.17, 15) is 9.90 Å². The molecule has 0 aliphatic heterocycles. The molecular weight excluding hydrogens is 456 g/mol. The fourth-order valence-corrected chi connectivity index (χ4v) is 4.42. The number of rotatable bonds is 18. The maximum Gasteiger partial charge on any atom is 0.225 e. The van der Waals surface area contributed by atoms with Crippen molar-refractivity contribution in [3.8, 4) is 11.5 Å². The summed E-state index contributed by atoms with van der Waals surface area (Å²) < 4.78 is 16.5. The first-order chi connectivity index (χ1) is 17.1. The topological polar surface area (TPSA) is 103 Å². The smallest absolute Gasteiger partial charge is 0.225 e. The average molecular weight is 507 g/mol. The predicted molar refractivity (Wildman–Crippen MR) is 144 cm³/mol. The van der Waals surface area contributed by atoms with Gasteiger partial charge in [-0.25, -0.2) is 0 Å². The number of carbonyl (C=O) groups excluding carboxylic acids is 1. The first-order valence-electron chi connectivity index (χ1n) is 13.6. The summed E-state index contributed by atoms with van der Waals surface area (Å²) in [5.41, 5.74) is 7.14. The number of aliphatic hydroxyl groups is 1. The van der Waals surface area contributed by atoms with E-state index < -0.39 is 17.6 Å². The fraction of sp³-hybridized carbons (Fsp3) is 0.759. The molecule has 0 aromatic heterocycles. The Balaban J connectivity index is 1.90. The van der Waals surface area contributed by atoms with E-state index in [0.717, 1.165) is 42.9 Å². The number of aliphatic hydroxyl groups excluding tert-OH is 1. The third-order valence-electron chi connectivity index (χ3n) is 7.45. The molecule has 7 nitrogen and oxygen atoms in total. The van der Waals surface area contributed by atoms with Crippen molar-refractivity contribution < 1.29 is 24.1 Å². The lowest BCUT2D eigenvalue weighted by molar-refractivity contribution is -0.130. The Hall–Kier alpha value is -1.83. The van der Waals surface area contributed by atoms with Gasteiger partial charge in [0.2, 0.25) is 5.91 Å². The van der Waals surface area contributed by atoms with Gasteiger partial charge < -0.3 is 30.4 Å². The van der Waals surface area contributed by atoms with Gasteiger partial charge >= 0.3 is 0 Å². The molecule has 0 unspecified atom stereocenters. The van der Waals surface area contributed by atoms with Crippen molar-refractivity contribution in [3.05, 3.63) is 23.8 Å². The van der Waals surface area contributed by atoms with Crippen molar-refractivity contribution >= 4 is 5.91 Å². The van der Waals surface area contributed by atoms with Gasteiger partial charge in [-0.2, -0.15) is 0 Å². The lowest BCUT2D eigenvalue weighted by atomic mass is 9.83. The molecule has 0 spiro atoms. The fourth-order valence-electron chi connectivity index (χ4n) is 4.42. The number of benzene rings is 1. The van der Waals surface area contributed by atoms with Crippen LogP contribution in [0.4, 0.5) is 0 Å². The third kappa shape index (κ3) is 10.3. The van der Waals surface area contributed by atoms with E-state index in [1.165, 1.54) is 12.8 Å². The maximum atomic E-state index is 12.7. The zero-order chi connectivity index (χ0) is 26.7. The lowest BCUT2D eigenvalue weighted by Gasteiger charge is -2.29. The second-order valence-electron chi connectivity index (χ2n) is 11.4. The molecule has 0 radical (unpaired) electrons. The summed E-state index contributed by atoms with van der Waals surface area (Å²) in [4.78, 5) is 12.7. The molecule has 1 aromatic carbocycles. The molecule has 1 aromatic rings. The van der Waals surface area contributed by atoms with E-state index in [4.69, 9.17) is 19.9 Å². The molecule has 1 fully saturated rings. The zero-order valence-corrected chi connectivity index (χ0v) is 23.3. The minimum Gasteiger partial charge on any atom is -0.493 e. The second kappa shape index (κ2) is 14.8.